The monoisotopic (exact) mass is 312 g/mol. The van der Waals surface area contributed by atoms with Crippen LogP contribution in [-0.2, 0) is 0 Å². The number of carbonyl (C=O) groups is 1. The SMILES string of the molecule is COc1ccc(C(NC(=O)c2ccc(OC)nc2)C2CC2)cc1. The molecule has 1 aromatic carbocycles. The fourth-order valence-corrected chi connectivity index (χ4v) is 2.57. The molecule has 1 unspecified atom stereocenters. The first kappa shape index (κ1) is 15.3. The number of pyridine rings is 1. The second-order valence-electron chi connectivity index (χ2n) is 5.65. The quantitative estimate of drug-likeness (QED) is 0.891. The molecule has 1 aliphatic rings. The number of aromatic nitrogens is 1. The van der Waals surface area contributed by atoms with Crippen molar-refractivity contribution in [2.75, 3.05) is 14.2 Å². The highest BCUT2D eigenvalue weighted by atomic mass is 16.5. The molecule has 2 aromatic rings. The van der Waals surface area contributed by atoms with Gasteiger partial charge in [0.2, 0.25) is 5.88 Å². The number of carbonyl (C=O) groups excluding carboxylic acids is 1. The number of hydrogen-bond acceptors (Lipinski definition) is 4. The Bertz CT molecular complexity index is 664. The summed E-state index contributed by atoms with van der Waals surface area (Å²) >= 11 is 0. The molecule has 1 N–H and O–H groups in total. The number of rotatable bonds is 6. The lowest BCUT2D eigenvalue weighted by molar-refractivity contribution is 0.0931. The van der Waals surface area contributed by atoms with Gasteiger partial charge in [0.15, 0.2) is 0 Å². The van der Waals surface area contributed by atoms with Crippen LogP contribution >= 0.6 is 0 Å². The number of ether oxygens (including phenoxy) is 2. The number of nitrogens with zero attached hydrogens (tertiary/aromatic N) is 1. The van der Waals surface area contributed by atoms with Gasteiger partial charge in [-0.1, -0.05) is 12.1 Å². The summed E-state index contributed by atoms with van der Waals surface area (Å²) in [7, 11) is 3.20. The lowest BCUT2D eigenvalue weighted by atomic mass is 10.0. The maximum Gasteiger partial charge on any atom is 0.253 e. The van der Waals surface area contributed by atoms with Crippen molar-refractivity contribution in [1.29, 1.82) is 0 Å². The maximum atomic E-state index is 12.5. The van der Waals surface area contributed by atoms with Crippen molar-refractivity contribution in [3.05, 3.63) is 53.7 Å². The largest absolute Gasteiger partial charge is 0.497 e. The molecule has 1 atom stereocenters. The van der Waals surface area contributed by atoms with Gasteiger partial charge in [0.05, 0.1) is 25.8 Å². The predicted octanol–water partition coefficient (Wildman–Crippen LogP) is 2.98. The van der Waals surface area contributed by atoms with Crippen LogP contribution in [0.15, 0.2) is 42.6 Å². The highest BCUT2D eigenvalue weighted by molar-refractivity contribution is 5.94. The fraction of sp³-hybridized carbons (Fsp3) is 0.333. The minimum absolute atomic E-state index is 0.0236. The minimum atomic E-state index is -0.118. The van der Waals surface area contributed by atoms with Gasteiger partial charge < -0.3 is 14.8 Å². The Balaban J connectivity index is 1.74. The highest BCUT2D eigenvalue weighted by Crippen LogP contribution is 2.41. The summed E-state index contributed by atoms with van der Waals surface area (Å²) in [4.78, 5) is 16.5. The van der Waals surface area contributed by atoms with E-state index in [4.69, 9.17) is 9.47 Å². The second kappa shape index (κ2) is 6.69. The fourth-order valence-electron chi connectivity index (χ4n) is 2.57. The van der Waals surface area contributed by atoms with Crippen molar-refractivity contribution in [2.24, 2.45) is 5.92 Å². The van der Waals surface area contributed by atoms with E-state index in [1.807, 2.05) is 24.3 Å². The van der Waals surface area contributed by atoms with Gasteiger partial charge in [-0.15, -0.1) is 0 Å². The van der Waals surface area contributed by atoms with Crippen LogP contribution in [0.25, 0.3) is 0 Å². The van der Waals surface area contributed by atoms with Crippen molar-refractivity contribution < 1.29 is 14.3 Å². The third kappa shape index (κ3) is 3.62. The van der Waals surface area contributed by atoms with Gasteiger partial charge >= 0.3 is 0 Å². The molecular weight excluding hydrogens is 292 g/mol. The number of methoxy groups -OCH3 is 2. The van der Waals surface area contributed by atoms with Crippen LogP contribution in [0.3, 0.4) is 0 Å². The Labute approximate surface area is 135 Å². The van der Waals surface area contributed by atoms with E-state index < -0.39 is 0 Å². The van der Waals surface area contributed by atoms with Crippen LogP contribution in [0.1, 0.15) is 34.8 Å². The van der Waals surface area contributed by atoms with E-state index in [-0.39, 0.29) is 11.9 Å². The first-order valence-corrected chi connectivity index (χ1v) is 7.66. The van der Waals surface area contributed by atoms with E-state index in [0.29, 0.717) is 17.4 Å². The molecule has 1 aromatic heterocycles. The molecular formula is C18H20N2O3. The summed E-state index contributed by atoms with van der Waals surface area (Å²) in [6, 6.07) is 11.3. The number of hydrogen-bond donors (Lipinski definition) is 1. The predicted molar refractivity (Wildman–Crippen MR) is 86.7 cm³/mol. The molecule has 0 aliphatic heterocycles. The molecule has 1 heterocycles. The molecule has 0 spiro atoms. The molecule has 1 amide bonds. The van der Waals surface area contributed by atoms with E-state index in [1.54, 1.807) is 26.4 Å². The first-order valence-electron chi connectivity index (χ1n) is 7.66. The molecule has 1 fully saturated rings. The van der Waals surface area contributed by atoms with Crippen molar-refractivity contribution in [2.45, 2.75) is 18.9 Å². The van der Waals surface area contributed by atoms with Crippen LogP contribution in [0.2, 0.25) is 0 Å². The lowest BCUT2D eigenvalue weighted by Gasteiger charge is -2.19. The third-order valence-corrected chi connectivity index (χ3v) is 4.06. The van der Waals surface area contributed by atoms with Gasteiger partial charge in [-0.2, -0.15) is 0 Å². The zero-order valence-corrected chi connectivity index (χ0v) is 13.3. The summed E-state index contributed by atoms with van der Waals surface area (Å²) in [5.41, 5.74) is 1.63. The van der Waals surface area contributed by atoms with Gasteiger partial charge in [0.1, 0.15) is 5.75 Å². The molecule has 3 rings (SSSR count). The first-order chi connectivity index (χ1) is 11.2. The molecule has 23 heavy (non-hydrogen) atoms. The Kier molecular flexibility index (Phi) is 4.46. The average Bonchev–Trinajstić information content (AvgIpc) is 3.44. The van der Waals surface area contributed by atoms with Gasteiger partial charge in [-0.25, -0.2) is 4.98 Å². The van der Waals surface area contributed by atoms with E-state index in [9.17, 15) is 4.79 Å². The Morgan fingerprint density at radius 3 is 2.39 bits per heavy atom. The van der Waals surface area contributed by atoms with Crippen molar-refractivity contribution >= 4 is 5.91 Å². The molecule has 5 nitrogen and oxygen atoms in total. The van der Waals surface area contributed by atoms with Gasteiger partial charge in [-0.05, 0) is 42.5 Å². The molecule has 0 saturated heterocycles. The summed E-state index contributed by atoms with van der Waals surface area (Å²) in [6.07, 6.45) is 3.81. The molecule has 0 bridgehead atoms. The molecule has 1 saturated carbocycles. The normalized spacial score (nSPS) is 14.9. The summed E-state index contributed by atoms with van der Waals surface area (Å²) in [5, 5.41) is 3.13. The van der Waals surface area contributed by atoms with Crippen molar-refractivity contribution in [3.8, 4) is 11.6 Å². The Morgan fingerprint density at radius 1 is 1.13 bits per heavy atom. The summed E-state index contributed by atoms with van der Waals surface area (Å²) in [5.74, 6) is 1.69. The Hall–Kier alpha value is -2.56. The third-order valence-electron chi connectivity index (χ3n) is 4.06. The maximum absolute atomic E-state index is 12.5. The minimum Gasteiger partial charge on any atom is -0.497 e. The van der Waals surface area contributed by atoms with Crippen molar-refractivity contribution in [1.82, 2.24) is 10.3 Å². The standard InChI is InChI=1S/C18H20N2O3/c1-22-15-8-5-13(6-9-15)17(12-3-4-12)20-18(21)14-7-10-16(23-2)19-11-14/h5-12,17H,3-4H2,1-2H3,(H,20,21). The zero-order chi connectivity index (χ0) is 16.2. The van der Waals surface area contributed by atoms with E-state index >= 15 is 0 Å². The number of benzene rings is 1. The smallest absolute Gasteiger partial charge is 0.253 e. The number of nitrogens with one attached hydrogen (secondary N) is 1. The van der Waals surface area contributed by atoms with Crippen LogP contribution in [0, 0.1) is 5.92 Å². The summed E-state index contributed by atoms with van der Waals surface area (Å²) < 4.78 is 10.2. The molecule has 1 aliphatic carbocycles. The van der Waals surface area contributed by atoms with Gasteiger partial charge in [0.25, 0.3) is 5.91 Å². The lowest BCUT2D eigenvalue weighted by Crippen LogP contribution is -2.29. The average molecular weight is 312 g/mol. The highest BCUT2D eigenvalue weighted by Gasteiger charge is 2.33. The second-order valence-corrected chi connectivity index (χ2v) is 5.65. The molecule has 120 valence electrons. The summed E-state index contributed by atoms with van der Waals surface area (Å²) in [6.45, 7) is 0. The molecule has 0 radical (unpaired) electrons. The topological polar surface area (TPSA) is 60.5 Å². The Morgan fingerprint density at radius 2 is 1.87 bits per heavy atom. The van der Waals surface area contributed by atoms with Gasteiger partial charge in [-0.3, -0.25) is 4.79 Å². The van der Waals surface area contributed by atoms with E-state index in [1.165, 1.54) is 6.20 Å². The van der Waals surface area contributed by atoms with Crippen molar-refractivity contribution in [3.63, 3.8) is 0 Å². The van der Waals surface area contributed by atoms with Gasteiger partial charge in [0, 0.05) is 12.3 Å². The van der Waals surface area contributed by atoms with Crippen LogP contribution in [0.5, 0.6) is 11.6 Å². The van der Waals surface area contributed by atoms with E-state index in [0.717, 1.165) is 24.2 Å². The number of amides is 1. The molecule has 5 heteroatoms. The van der Waals surface area contributed by atoms with Crippen LogP contribution in [0.4, 0.5) is 0 Å². The van der Waals surface area contributed by atoms with Crippen LogP contribution < -0.4 is 14.8 Å². The van der Waals surface area contributed by atoms with E-state index in [2.05, 4.69) is 10.3 Å². The van der Waals surface area contributed by atoms with Crippen LogP contribution in [-0.4, -0.2) is 25.1 Å². The zero-order valence-electron chi connectivity index (χ0n) is 13.3.